The second-order valence-corrected chi connectivity index (χ2v) is 4.48. The highest BCUT2D eigenvalue weighted by atomic mass is 79.9. The van der Waals surface area contributed by atoms with Crippen molar-refractivity contribution in [1.29, 1.82) is 0 Å². The first kappa shape index (κ1) is 9.05. The van der Waals surface area contributed by atoms with E-state index < -0.39 is 0 Å². The fourth-order valence-corrected chi connectivity index (χ4v) is 2.68. The van der Waals surface area contributed by atoms with E-state index in [1.54, 1.807) is 0 Å². The third-order valence-corrected chi connectivity index (χ3v) is 3.72. The predicted molar refractivity (Wildman–Crippen MR) is 52.0 cm³/mol. The van der Waals surface area contributed by atoms with Gasteiger partial charge in [0.05, 0.1) is 11.5 Å². The maximum atomic E-state index is 8.96. The largest absolute Gasteiger partial charge is 0.454 e. The standard InChI is InChI=1S/C8H7BrO3S/c9-5-3-6(13-7(5)4-10)8-11-1-2-12-8/h1-3,8,10H,4H2. The van der Waals surface area contributed by atoms with Crippen LogP contribution in [0.25, 0.3) is 0 Å². The van der Waals surface area contributed by atoms with Crippen molar-refractivity contribution in [1.82, 2.24) is 0 Å². The number of aliphatic hydroxyl groups excluding tert-OH is 1. The first-order valence-corrected chi connectivity index (χ1v) is 5.27. The maximum Gasteiger partial charge on any atom is 0.275 e. The molecule has 0 fully saturated rings. The summed E-state index contributed by atoms with van der Waals surface area (Å²) in [5.41, 5.74) is 0. The molecule has 0 saturated carbocycles. The highest BCUT2D eigenvalue weighted by Gasteiger charge is 2.19. The van der Waals surface area contributed by atoms with Crippen LogP contribution in [0.15, 0.2) is 23.1 Å². The predicted octanol–water partition coefficient (Wildman–Crippen LogP) is 2.52. The molecule has 0 unspecified atom stereocenters. The summed E-state index contributed by atoms with van der Waals surface area (Å²) in [5.74, 6) is 0. The normalized spacial score (nSPS) is 15.8. The Morgan fingerprint density at radius 1 is 1.46 bits per heavy atom. The van der Waals surface area contributed by atoms with Crippen LogP contribution in [-0.2, 0) is 16.1 Å². The van der Waals surface area contributed by atoms with Gasteiger partial charge in [0.2, 0.25) is 0 Å². The fraction of sp³-hybridized carbons (Fsp3) is 0.250. The van der Waals surface area contributed by atoms with Gasteiger partial charge in [0.1, 0.15) is 12.5 Å². The molecule has 1 aromatic heterocycles. The molecule has 0 spiro atoms. The summed E-state index contributed by atoms with van der Waals surface area (Å²) >= 11 is 4.81. The van der Waals surface area contributed by atoms with Gasteiger partial charge in [-0.15, -0.1) is 11.3 Å². The fourth-order valence-electron chi connectivity index (χ4n) is 1.02. The zero-order valence-electron chi connectivity index (χ0n) is 6.57. The number of rotatable bonds is 2. The van der Waals surface area contributed by atoms with E-state index in [0.29, 0.717) is 0 Å². The van der Waals surface area contributed by atoms with Gasteiger partial charge in [-0.3, -0.25) is 0 Å². The monoisotopic (exact) mass is 262 g/mol. The Morgan fingerprint density at radius 2 is 2.15 bits per heavy atom. The summed E-state index contributed by atoms with van der Waals surface area (Å²) in [5, 5.41) is 8.96. The van der Waals surface area contributed by atoms with Gasteiger partial charge in [-0.25, -0.2) is 0 Å². The molecule has 0 saturated heterocycles. The number of hydrogen-bond donors (Lipinski definition) is 1. The van der Waals surface area contributed by atoms with Gasteiger partial charge in [-0.1, -0.05) is 0 Å². The van der Waals surface area contributed by atoms with Crippen molar-refractivity contribution >= 4 is 27.3 Å². The Morgan fingerprint density at radius 3 is 2.69 bits per heavy atom. The average molecular weight is 263 g/mol. The average Bonchev–Trinajstić information content (AvgIpc) is 2.71. The summed E-state index contributed by atoms with van der Waals surface area (Å²) in [6, 6.07) is 1.90. The molecule has 0 radical (unpaired) electrons. The van der Waals surface area contributed by atoms with Crippen LogP contribution in [0.1, 0.15) is 16.0 Å². The lowest BCUT2D eigenvalue weighted by atomic mass is 10.4. The van der Waals surface area contributed by atoms with Crippen molar-refractivity contribution in [2.75, 3.05) is 0 Å². The summed E-state index contributed by atoms with van der Waals surface area (Å²) in [6.07, 6.45) is 2.68. The van der Waals surface area contributed by atoms with Crippen molar-refractivity contribution in [2.45, 2.75) is 12.9 Å². The third-order valence-electron chi connectivity index (χ3n) is 1.61. The zero-order valence-corrected chi connectivity index (χ0v) is 8.97. The van der Waals surface area contributed by atoms with E-state index in [1.807, 2.05) is 6.07 Å². The highest BCUT2D eigenvalue weighted by Crippen LogP contribution is 2.35. The lowest BCUT2D eigenvalue weighted by Gasteiger charge is -2.06. The third kappa shape index (κ3) is 1.72. The molecule has 3 nitrogen and oxygen atoms in total. The summed E-state index contributed by atoms with van der Waals surface area (Å²) < 4.78 is 11.2. The lowest BCUT2D eigenvalue weighted by Crippen LogP contribution is -1.93. The highest BCUT2D eigenvalue weighted by molar-refractivity contribution is 9.10. The van der Waals surface area contributed by atoms with Gasteiger partial charge < -0.3 is 14.6 Å². The second kappa shape index (κ2) is 3.69. The van der Waals surface area contributed by atoms with Crippen LogP contribution >= 0.6 is 27.3 Å². The summed E-state index contributed by atoms with van der Waals surface area (Å²) in [7, 11) is 0. The van der Waals surface area contributed by atoms with E-state index >= 15 is 0 Å². The number of ether oxygens (including phenoxy) is 2. The lowest BCUT2D eigenvalue weighted by molar-refractivity contribution is -0.0217. The van der Waals surface area contributed by atoms with Crippen LogP contribution < -0.4 is 0 Å². The molecule has 2 heterocycles. The summed E-state index contributed by atoms with van der Waals surface area (Å²) in [4.78, 5) is 1.83. The first-order valence-electron chi connectivity index (χ1n) is 3.66. The minimum absolute atomic E-state index is 0.0331. The maximum absolute atomic E-state index is 8.96. The molecule has 0 atom stereocenters. The van der Waals surface area contributed by atoms with E-state index in [1.165, 1.54) is 23.9 Å². The van der Waals surface area contributed by atoms with E-state index in [0.717, 1.165) is 14.2 Å². The molecule has 0 amide bonds. The molecular weight excluding hydrogens is 256 g/mol. The topological polar surface area (TPSA) is 38.7 Å². The minimum Gasteiger partial charge on any atom is -0.454 e. The molecular formula is C8H7BrO3S. The van der Waals surface area contributed by atoms with Crippen molar-refractivity contribution in [3.8, 4) is 0 Å². The van der Waals surface area contributed by atoms with E-state index in [9.17, 15) is 0 Å². The van der Waals surface area contributed by atoms with Gasteiger partial charge in [-0.2, -0.15) is 0 Å². The van der Waals surface area contributed by atoms with Crippen LogP contribution in [0.4, 0.5) is 0 Å². The Labute approximate surface area is 87.7 Å². The van der Waals surface area contributed by atoms with Crippen LogP contribution in [0.5, 0.6) is 0 Å². The molecule has 1 aliphatic rings. The van der Waals surface area contributed by atoms with Crippen molar-refractivity contribution < 1.29 is 14.6 Å². The quantitative estimate of drug-likeness (QED) is 0.891. The molecule has 1 aliphatic heterocycles. The Balaban J connectivity index is 2.21. The molecule has 1 aromatic rings. The van der Waals surface area contributed by atoms with E-state index in [2.05, 4.69) is 15.9 Å². The zero-order chi connectivity index (χ0) is 9.26. The van der Waals surface area contributed by atoms with Crippen molar-refractivity contribution in [3.63, 3.8) is 0 Å². The first-order chi connectivity index (χ1) is 6.31. The van der Waals surface area contributed by atoms with E-state index in [-0.39, 0.29) is 12.9 Å². The van der Waals surface area contributed by atoms with Gasteiger partial charge >= 0.3 is 0 Å². The van der Waals surface area contributed by atoms with Crippen LogP contribution in [0.3, 0.4) is 0 Å². The number of halogens is 1. The molecule has 13 heavy (non-hydrogen) atoms. The van der Waals surface area contributed by atoms with Crippen molar-refractivity contribution in [3.05, 3.63) is 32.8 Å². The number of aliphatic hydroxyl groups is 1. The molecule has 0 aliphatic carbocycles. The van der Waals surface area contributed by atoms with Gasteiger partial charge in [-0.05, 0) is 22.0 Å². The summed E-state index contributed by atoms with van der Waals surface area (Å²) in [6.45, 7) is 0.0331. The SMILES string of the molecule is OCc1sc(C2OC=CO2)cc1Br. The van der Waals surface area contributed by atoms with Gasteiger partial charge in [0.25, 0.3) is 6.29 Å². The molecule has 0 aromatic carbocycles. The van der Waals surface area contributed by atoms with Crippen molar-refractivity contribution in [2.24, 2.45) is 0 Å². The van der Waals surface area contributed by atoms with Gasteiger partial charge in [0, 0.05) is 9.35 Å². The Hall–Kier alpha value is -0.520. The molecule has 1 N–H and O–H groups in total. The Kier molecular flexibility index (Phi) is 2.57. The van der Waals surface area contributed by atoms with Crippen LogP contribution in [0.2, 0.25) is 0 Å². The molecule has 2 rings (SSSR count). The minimum atomic E-state index is -0.346. The molecule has 0 bridgehead atoms. The molecule has 70 valence electrons. The number of thiophene rings is 1. The second-order valence-electron chi connectivity index (χ2n) is 2.45. The Bertz CT molecular complexity index is 326. The van der Waals surface area contributed by atoms with Crippen LogP contribution in [-0.4, -0.2) is 5.11 Å². The molecule has 5 heteroatoms. The number of hydrogen-bond acceptors (Lipinski definition) is 4. The van der Waals surface area contributed by atoms with Gasteiger partial charge in [0.15, 0.2) is 0 Å². The van der Waals surface area contributed by atoms with E-state index in [4.69, 9.17) is 14.6 Å². The van der Waals surface area contributed by atoms with Crippen LogP contribution in [0, 0.1) is 0 Å². The smallest absolute Gasteiger partial charge is 0.275 e.